The number of amides is 1. The molecule has 1 aliphatic rings. The van der Waals surface area contributed by atoms with E-state index >= 15 is 0 Å². The Bertz CT molecular complexity index is 1080. The Hall–Kier alpha value is -3.32. The van der Waals surface area contributed by atoms with Crippen LogP contribution in [0, 0.1) is 5.82 Å². The van der Waals surface area contributed by atoms with Gasteiger partial charge in [-0.15, -0.1) is 0 Å². The van der Waals surface area contributed by atoms with Crippen LogP contribution >= 0.6 is 0 Å². The van der Waals surface area contributed by atoms with Gasteiger partial charge in [0.15, 0.2) is 0 Å². The van der Waals surface area contributed by atoms with Crippen LogP contribution in [0.25, 0.3) is 11.3 Å². The molecule has 1 aliphatic heterocycles. The number of likely N-dealkylation sites (N-methyl/N-ethyl adjacent to an activating group) is 1. The number of carbonyl (C=O) groups excluding carboxylic acids is 1. The number of rotatable bonds is 5. The number of hydrogen-bond acceptors (Lipinski definition) is 5. The molecule has 1 amide bonds. The molecular formula is C25H28FN5O. The molecule has 0 aliphatic carbocycles. The second-order valence-corrected chi connectivity index (χ2v) is 8.31. The second kappa shape index (κ2) is 9.44. The largest absolute Gasteiger partial charge is 0.338 e. The van der Waals surface area contributed by atoms with Gasteiger partial charge in [0.2, 0.25) is 5.95 Å². The van der Waals surface area contributed by atoms with Crippen molar-refractivity contribution in [2.45, 2.75) is 19.9 Å². The molecule has 1 fully saturated rings. The normalized spacial score (nSPS) is 14.6. The summed E-state index contributed by atoms with van der Waals surface area (Å²) in [5, 5.41) is 0. The summed E-state index contributed by atoms with van der Waals surface area (Å²) >= 11 is 0. The molecule has 0 N–H and O–H groups in total. The van der Waals surface area contributed by atoms with Crippen LogP contribution in [0.1, 0.15) is 24.2 Å². The van der Waals surface area contributed by atoms with Gasteiger partial charge in [0.1, 0.15) is 5.82 Å². The first-order valence-corrected chi connectivity index (χ1v) is 10.9. The Morgan fingerprint density at radius 1 is 1.00 bits per heavy atom. The third-order valence-corrected chi connectivity index (χ3v) is 5.69. The second-order valence-electron chi connectivity index (χ2n) is 8.31. The summed E-state index contributed by atoms with van der Waals surface area (Å²) < 4.78 is 14.8. The van der Waals surface area contributed by atoms with Gasteiger partial charge in [0.05, 0.1) is 11.3 Å². The molecule has 166 valence electrons. The standard InChI is InChI=1S/C25H28FN5O/c1-18(2)31(19-9-5-4-6-10-19)24(32)21-17-27-25(30-15-13-29(3)14-16-30)28-23(21)20-11-7-8-12-22(20)26/h4-12,17-18H,13-16H2,1-3H3. The smallest absolute Gasteiger partial charge is 0.262 e. The van der Waals surface area contributed by atoms with Crippen molar-refractivity contribution < 1.29 is 9.18 Å². The average Bonchev–Trinajstić information content (AvgIpc) is 2.80. The Morgan fingerprint density at radius 2 is 1.66 bits per heavy atom. The van der Waals surface area contributed by atoms with Crippen molar-refractivity contribution in [2.75, 3.05) is 43.0 Å². The number of piperazine rings is 1. The molecule has 1 aromatic heterocycles. The number of aromatic nitrogens is 2. The Kier molecular flexibility index (Phi) is 6.46. The molecule has 0 saturated carbocycles. The number of carbonyl (C=O) groups is 1. The molecule has 4 rings (SSSR count). The van der Waals surface area contributed by atoms with Crippen LogP contribution in [-0.4, -0.2) is 60.0 Å². The van der Waals surface area contributed by atoms with Gasteiger partial charge in [0, 0.05) is 49.7 Å². The average molecular weight is 434 g/mol. The van der Waals surface area contributed by atoms with Crippen LogP contribution in [-0.2, 0) is 0 Å². The lowest BCUT2D eigenvalue weighted by molar-refractivity contribution is 0.0980. The minimum atomic E-state index is -0.416. The predicted molar refractivity (Wildman–Crippen MR) is 126 cm³/mol. The number of hydrogen-bond donors (Lipinski definition) is 0. The highest BCUT2D eigenvalue weighted by atomic mass is 19.1. The number of para-hydroxylation sites is 1. The van der Waals surface area contributed by atoms with Gasteiger partial charge in [-0.3, -0.25) is 4.79 Å². The molecule has 0 spiro atoms. The summed E-state index contributed by atoms with van der Waals surface area (Å²) in [6, 6.07) is 15.8. The number of benzene rings is 2. The van der Waals surface area contributed by atoms with E-state index in [4.69, 9.17) is 4.98 Å². The quantitative estimate of drug-likeness (QED) is 0.607. The molecule has 3 aromatic rings. The lowest BCUT2D eigenvalue weighted by Gasteiger charge is -2.33. The maximum atomic E-state index is 14.8. The van der Waals surface area contributed by atoms with E-state index in [-0.39, 0.29) is 17.5 Å². The fraction of sp³-hybridized carbons (Fsp3) is 0.320. The van der Waals surface area contributed by atoms with Crippen LogP contribution in [0.5, 0.6) is 0 Å². The molecule has 2 heterocycles. The van der Waals surface area contributed by atoms with Gasteiger partial charge in [-0.2, -0.15) is 0 Å². The molecular weight excluding hydrogens is 405 g/mol. The van der Waals surface area contributed by atoms with E-state index in [1.165, 1.54) is 6.07 Å². The van der Waals surface area contributed by atoms with Gasteiger partial charge >= 0.3 is 0 Å². The SMILES string of the molecule is CC(C)N(C(=O)c1cnc(N2CCN(C)CC2)nc1-c1ccccc1F)c1ccccc1. The van der Waals surface area contributed by atoms with Gasteiger partial charge < -0.3 is 14.7 Å². The molecule has 0 radical (unpaired) electrons. The van der Waals surface area contributed by atoms with Crippen molar-refractivity contribution in [1.29, 1.82) is 0 Å². The molecule has 1 saturated heterocycles. The van der Waals surface area contributed by atoms with Crippen LogP contribution in [0.4, 0.5) is 16.0 Å². The van der Waals surface area contributed by atoms with E-state index in [0.717, 1.165) is 31.9 Å². The van der Waals surface area contributed by atoms with E-state index in [0.29, 0.717) is 17.2 Å². The van der Waals surface area contributed by atoms with Crippen LogP contribution in [0.3, 0.4) is 0 Å². The molecule has 2 aromatic carbocycles. The fourth-order valence-electron chi connectivity index (χ4n) is 3.91. The highest BCUT2D eigenvalue weighted by molar-refractivity contribution is 6.09. The van der Waals surface area contributed by atoms with Crippen LogP contribution < -0.4 is 9.80 Å². The van der Waals surface area contributed by atoms with Gasteiger partial charge in [-0.25, -0.2) is 14.4 Å². The number of anilines is 2. The zero-order chi connectivity index (χ0) is 22.7. The zero-order valence-corrected chi connectivity index (χ0v) is 18.7. The summed E-state index contributed by atoms with van der Waals surface area (Å²) in [6.45, 7) is 7.26. The first kappa shape index (κ1) is 21.9. The highest BCUT2D eigenvalue weighted by Crippen LogP contribution is 2.29. The summed E-state index contributed by atoms with van der Waals surface area (Å²) in [7, 11) is 2.08. The Balaban J connectivity index is 1.80. The summed E-state index contributed by atoms with van der Waals surface area (Å²) in [6.07, 6.45) is 1.54. The minimum Gasteiger partial charge on any atom is -0.338 e. The van der Waals surface area contributed by atoms with E-state index in [2.05, 4.69) is 21.8 Å². The Morgan fingerprint density at radius 3 is 2.31 bits per heavy atom. The topological polar surface area (TPSA) is 52.6 Å². The first-order valence-electron chi connectivity index (χ1n) is 10.9. The van der Waals surface area contributed by atoms with Crippen molar-refractivity contribution in [3.63, 3.8) is 0 Å². The number of nitrogens with zero attached hydrogens (tertiary/aromatic N) is 5. The Labute approximate surface area is 188 Å². The van der Waals surface area contributed by atoms with Crippen molar-refractivity contribution >= 4 is 17.5 Å². The predicted octanol–water partition coefficient (Wildman–Crippen LogP) is 4.09. The van der Waals surface area contributed by atoms with E-state index < -0.39 is 5.82 Å². The first-order chi connectivity index (χ1) is 15.5. The molecule has 32 heavy (non-hydrogen) atoms. The fourth-order valence-corrected chi connectivity index (χ4v) is 3.91. The lowest BCUT2D eigenvalue weighted by atomic mass is 10.0. The van der Waals surface area contributed by atoms with E-state index in [1.54, 1.807) is 29.3 Å². The van der Waals surface area contributed by atoms with Gasteiger partial charge in [-0.05, 0) is 45.2 Å². The van der Waals surface area contributed by atoms with Crippen molar-refractivity contribution in [1.82, 2.24) is 14.9 Å². The molecule has 0 bridgehead atoms. The highest BCUT2D eigenvalue weighted by Gasteiger charge is 2.27. The third-order valence-electron chi connectivity index (χ3n) is 5.69. The van der Waals surface area contributed by atoms with E-state index in [1.807, 2.05) is 44.2 Å². The molecule has 0 atom stereocenters. The van der Waals surface area contributed by atoms with E-state index in [9.17, 15) is 9.18 Å². The summed E-state index contributed by atoms with van der Waals surface area (Å²) in [4.78, 5) is 29.0. The summed E-state index contributed by atoms with van der Waals surface area (Å²) in [5.41, 5.74) is 1.67. The molecule has 6 nitrogen and oxygen atoms in total. The maximum absolute atomic E-state index is 14.8. The van der Waals surface area contributed by atoms with Crippen LogP contribution in [0.15, 0.2) is 60.8 Å². The lowest BCUT2D eigenvalue weighted by Crippen LogP contribution is -2.45. The third kappa shape index (κ3) is 4.48. The molecule has 7 heteroatoms. The zero-order valence-electron chi connectivity index (χ0n) is 18.7. The van der Waals surface area contributed by atoms with Crippen molar-refractivity contribution in [2.24, 2.45) is 0 Å². The number of halogens is 1. The summed E-state index contributed by atoms with van der Waals surface area (Å²) in [5.74, 6) is -0.154. The maximum Gasteiger partial charge on any atom is 0.262 e. The van der Waals surface area contributed by atoms with Crippen LogP contribution in [0.2, 0.25) is 0 Å². The minimum absolute atomic E-state index is 0.101. The van der Waals surface area contributed by atoms with Gasteiger partial charge in [0.25, 0.3) is 5.91 Å². The van der Waals surface area contributed by atoms with Crippen molar-refractivity contribution in [3.05, 3.63) is 72.2 Å². The monoisotopic (exact) mass is 433 g/mol. The van der Waals surface area contributed by atoms with Gasteiger partial charge in [-0.1, -0.05) is 30.3 Å². The molecule has 0 unspecified atom stereocenters. The van der Waals surface area contributed by atoms with Crippen molar-refractivity contribution in [3.8, 4) is 11.3 Å².